The van der Waals surface area contributed by atoms with Gasteiger partial charge in [-0.15, -0.1) is 0 Å². The minimum absolute atomic E-state index is 0.268. The lowest BCUT2D eigenvalue weighted by atomic mass is 9.79. The Labute approximate surface area is 102 Å². The van der Waals surface area contributed by atoms with Crippen LogP contribution in [0.4, 0.5) is 5.69 Å². The zero-order valence-electron chi connectivity index (χ0n) is 10.1. The zero-order chi connectivity index (χ0) is 12.3. The number of amides is 1. The fourth-order valence-electron chi connectivity index (χ4n) is 2.24. The van der Waals surface area contributed by atoms with Crippen LogP contribution in [0.5, 0.6) is 0 Å². The maximum Gasteiger partial charge on any atom is 0.256 e. The topological polar surface area (TPSA) is 49.3 Å². The van der Waals surface area contributed by atoms with Crippen LogP contribution in [0, 0.1) is 5.92 Å². The molecule has 1 aromatic rings. The van der Waals surface area contributed by atoms with Crippen LogP contribution in [0.2, 0.25) is 0 Å². The van der Waals surface area contributed by atoms with E-state index in [1.54, 1.807) is 0 Å². The van der Waals surface area contributed by atoms with Crippen LogP contribution in [-0.2, 0) is 4.79 Å². The molecule has 2 rings (SSSR count). The average Bonchev–Trinajstić information content (AvgIpc) is 2.34. The summed E-state index contributed by atoms with van der Waals surface area (Å²) in [6, 6.07) is 9.28. The van der Waals surface area contributed by atoms with Crippen LogP contribution in [0.25, 0.3) is 0 Å². The van der Waals surface area contributed by atoms with E-state index in [4.69, 9.17) is 0 Å². The summed E-state index contributed by atoms with van der Waals surface area (Å²) in [5.74, 6) is 0.343. The Hall–Kier alpha value is -1.35. The predicted molar refractivity (Wildman–Crippen MR) is 67.7 cm³/mol. The molecule has 0 unspecified atom stereocenters. The van der Waals surface area contributed by atoms with E-state index in [2.05, 4.69) is 12.2 Å². The maximum absolute atomic E-state index is 12.0. The van der Waals surface area contributed by atoms with Crippen LogP contribution >= 0.6 is 0 Å². The van der Waals surface area contributed by atoms with E-state index in [9.17, 15) is 9.90 Å². The first-order valence-electron chi connectivity index (χ1n) is 6.19. The summed E-state index contributed by atoms with van der Waals surface area (Å²) in [7, 11) is 0. The van der Waals surface area contributed by atoms with E-state index in [1.165, 1.54) is 0 Å². The fraction of sp³-hybridized carbons (Fsp3) is 0.500. The lowest BCUT2D eigenvalue weighted by molar-refractivity contribution is -0.138. The average molecular weight is 233 g/mol. The van der Waals surface area contributed by atoms with Crippen LogP contribution in [0.1, 0.15) is 32.6 Å². The number of anilines is 1. The van der Waals surface area contributed by atoms with Gasteiger partial charge in [-0.25, -0.2) is 0 Å². The zero-order valence-corrected chi connectivity index (χ0v) is 10.1. The number of carbonyl (C=O) groups is 1. The molecule has 0 heterocycles. The van der Waals surface area contributed by atoms with Gasteiger partial charge in [-0.2, -0.15) is 0 Å². The molecule has 0 radical (unpaired) electrons. The minimum atomic E-state index is -1.18. The number of benzene rings is 1. The Morgan fingerprint density at radius 1 is 1.29 bits per heavy atom. The molecule has 1 aliphatic carbocycles. The molecule has 3 nitrogen and oxygen atoms in total. The highest BCUT2D eigenvalue weighted by Gasteiger charge is 2.38. The van der Waals surface area contributed by atoms with E-state index in [0.717, 1.165) is 18.5 Å². The largest absolute Gasteiger partial charge is 0.380 e. The maximum atomic E-state index is 12.0. The highest BCUT2D eigenvalue weighted by atomic mass is 16.3. The van der Waals surface area contributed by atoms with Gasteiger partial charge in [-0.05, 0) is 43.7 Å². The van der Waals surface area contributed by atoms with Gasteiger partial charge in [0.25, 0.3) is 5.91 Å². The highest BCUT2D eigenvalue weighted by molar-refractivity contribution is 5.97. The Morgan fingerprint density at radius 2 is 1.88 bits per heavy atom. The summed E-state index contributed by atoms with van der Waals surface area (Å²) < 4.78 is 0. The molecule has 17 heavy (non-hydrogen) atoms. The van der Waals surface area contributed by atoms with Crippen LogP contribution < -0.4 is 5.32 Å². The molecule has 3 heteroatoms. The first kappa shape index (κ1) is 12.1. The van der Waals surface area contributed by atoms with Gasteiger partial charge in [0.15, 0.2) is 0 Å². The molecule has 0 aliphatic heterocycles. The number of nitrogens with one attached hydrogen (secondary N) is 1. The Balaban J connectivity index is 2.00. The molecule has 0 spiro atoms. The third kappa shape index (κ3) is 2.86. The van der Waals surface area contributed by atoms with Gasteiger partial charge < -0.3 is 10.4 Å². The van der Waals surface area contributed by atoms with E-state index in [1.807, 2.05) is 30.3 Å². The van der Waals surface area contributed by atoms with Gasteiger partial charge >= 0.3 is 0 Å². The number of carbonyl (C=O) groups excluding carboxylic acids is 1. The molecule has 1 amide bonds. The van der Waals surface area contributed by atoms with Gasteiger partial charge in [0.1, 0.15) is 5.60 Å². The van der Waals surface area contributed by atoms with Crippen molar-refractivity contribution in [3.05, 3.63) is 30.3 Å². The SMILES string of the molecule is CC1CCC(O)(C(=O)Nc2ccccc2)CC1. The van der Waals surface area contributed by atoms with Crippen molar-refractivity contribution in [3.63, 3.8) is 0 Å². The van der Waals surface area contributed by atoms with Crippen molar-refractivity contribution in [2.45, 2.75) is 38.2 Å². The van der Waals surface area contributed by atoms with Crippen molar-refractivity contribution >= 4 is 11.6 Å². The molecule has 0 atom stereocenters. The third-order valence-electron chi connectivity index (χ3n) is 3.56. The molecule has 1 fully saturated rings. The molecule has 1 aromatic carbocycles. The lowest BCUT2D eigenvalue weighted by Gasteiger charge is -2.33. The van der Waals surface area contributed by atoms with Crippen molar-refractivity contribution in [2.24, 2.45) is 5.92 Å². The van der Waals surface area contributed by atoms with Gasteiger partial charge in [0.2, 0.25) is 0 Å². The molecule has 92 valence electrons. The van der Waals surface area contributed by atoms with Crippen molar-refractivity contribution in [2.75, 3.05) is 5.32 Å². The molecule has 1 saturated carbocycles. The predicted octanol–water partition coefficient (Wildman–Crippen LogP) is 2.57. The molecule has 2 N–H and O–H groups in total. The quantitative estimate of drug-likeness (QED) is 0.824. The molecule has 1 aliphatic rings. The summed E-state index contributed by atoms with van der Waals surface area (Å²) in [6.07, 6.45) is 2.96. The minimum Gasteiger partial charge on any atom is -0.380 e. The molecular weight excluding hydrogens is 214 g/mol. The second-order valence-electron chi connectivity index (χ2n) is 5.03. The smallest absolute Gasteiger partial charge is 0.256 e. The Kier molecular flexibility index (Phi) is 3.48. The standard InChI is InChI=1S/C14H19NO2/c1-11-7-9-14(17,10-8-11)13(16)15-12-5-3-2-4-6-12/h2-6,11,17H,7-10H2,1H3,(H,15,16). The number of aliphatic hydroxyl groups is 1. The molecule has 0 aromatic heterocycles. The Morgan fingerprint density at radius 3 is 2.47 bits per heavy atom. The fourth-order valence-corrected chi connectivity index (χ4v) is 2.24. The molecule has 0 bridgehead atoms. The number of hydrogen-bond acceptors (Lipinski definition) is 2. The van der Waals surface area contributed by atoms with Crippen molar-refractivity contribution < 1.29 is 9.90 Å². The van der Waals surface area contributed by atoms with Crippen molar-refractivity contribution in [3.8, 4) is 0 Å². The first-order chi connectivity index (χ1) is 8.10. The summed E-state index contributed by atoms with van der Waals surface area (Å²) >= 11 is 0. The van der Waals surface area contributed by atoms with Gasteiger partial charge in [-0.3, -0.25) is 4.79 Å². The van der Waals surface area contributed by atoms with Gasteiger partial charge in [0, 0.05) is 5.69 Å². The van der Waals surface area contributed by atoms with Gasteiger partial charge in [-0.1, -0.05) is 25.1 Å². The van der Waals surface area contributed by atoms with E-state index >= 15 is 0 Å². The summed E-state index contributed by atoms with van der Waals surface area (Å²) in [4.78, 5) is 12.0. The normalized spacial score (nSPS) is 28.7. The van der Waals surface area contributed by atoms with Gasteiger partial charge in [0.05, 0.1) is 0 Å². The summed E-state index contributed by atoms with van der Waals surface area (Å²) in [6.45, 7) is 2.16. The molecular formula is C14H19NO2. The monoisotopic (exact) mass is 233 g/mol. The van der Waals surface area contributed by atoms with Crippen molar-refractivity contribution in [1.82, 2.24) is 0 Å². The summed E-state index contributed by atoms with van der Waals surface area (Å²) in [5.41, 5.74) is -0.438. The second-order valence-corrected chi connectivity index (χ2v) is 5.03. The molecule has 0 saturated heterocycles. The Bertz CT molecular complexity index is 380. The third-order valence-corrected chi connectivity index (χ3v) is 3.56. The number of hydrogen-bond donors (Lipinski definition) is 2. The van der Waals surface area contributed by atoms with Crippen LogP contribution in [-0.4, -0.2) is 16.6 Å². The highest BCUT2D eigenvalue weighted by Crippen LogP contribution is 2.32. The van der Waals surface area contributed by atoms with Crippen LogP contribution in [0.15, 0.2) is 30.3 Å². The van der Waals surface area contributed by atoms with E-state index < -0.39 is 5.60 Å². The second kappa shape index (κ2) is 4.88. The van der Waals surface area contributed by atoms with E-state index in [0.29, 0.717) is 18.8 Å². The number of para-hydroxylation sites is 1. The van der Waals surface area contributed by atoms with Crippen molar-refractivity contribution in [1.29, 1.82) is 0 Å². The van der Waals surface area contributed by atoms with Crippen LogP contribution in [0.3, 0.4) is 0 Å². The number of rotatable bonds is 2. The van der Waals surface area contributed by atoms with E-state index in [-0.39, 0.29) is 5.91 Å². The lowest BCUT2D eigenvalue weighted by Crippen LogP contribution is -2.45. The first-order valence-corrected chi connectivity index (χ1v) is 6.19. The summed E-state index contributed by atoms with van der Waals surface area (Å²) in [5, 5.41) is 13.1.